The summed E-state index contributed by atoms with van der Waals surface area (Å²) < 4.78 is 59.1. The van der Waals surface area contributed by atoms with E-state index in [1.165, 1.54) is 12.1 Å². The van der Waals surface area contributed by atoms with Gasteiger partial charge in [0.2, 0.25) is 0 Å². The molecule has 27 heteroatoms. The lowest BCUT2D eigenvalue weighted by Crippen LogP contribution is -2.35. The summed E-state index contributed by atoms with van der Waals surface area (Å²) in [4.78, 5) is 26.4. The highest BCUT2D eigenvalue weighted by Crippen LogP contribution is 2.37. The number of aromatic nitrogens is 15. The maximum absolute atomic E-state index is 14.5. The molecule has 22 nitrogen and oxygen atoms in total. The molecule has 0 spiro atoms. The molecule has 0 saturated carbocycles. The summed E-state index contributed by atoms with van der Waals surface area (Å²) in [5.41, 5.74) is 13.9. The van der Waals surface area contributed by atoms with Gasteiger partial charge in [0.25, 0.3) is 0 Å². The Morgan fingerprint density at radius 3 is 1.20 bits per heavy atom. The molecule has 3 atom stereocenters. The quantitative estimate of drug-likeness (QED) is 0.0370. The standard InChI is InChI=1S/C26H30N6O2.C24H25ClN6O.C24H22F4N6O/c1-16-6-8-19(9-7-16)24(26(4,5)34)29-25-17(2)12-21(30-31-25)20-10-11-23(22(14-33)28-20)32-13-18(3)27-15-32;1-14-5-6-18(19(25)9-14)17(4)27-24-15(2)10-21(29-30-24)20-7-8-23(22(12-32)28-20)31-11-16(3)26-13-31;1-13-9-19(18-7-8-21(20(11-35)31-18)34-10-14(2)29-12-34)32-33-23(13)30-15(3)16-5-4-6-17(22(16)25)24(26,27)28/h6-13,15,24,33-34H,14H2,1-5H3,(H,29,31);5-11,13,17,32H,12H2,1-4H3,(H,27,30);4-10,12,15,35H,11H2,1-3H3,(H,30,33)/t24-;17-;15-/m110/s1. The molecule has 101 heavy (non-hydrogen) atoms. The number of aliphatic hydroxyl groups excluding tert-OH is 3. The van der Waals surface area contributed by atoms with Crippen LogP contribution in [0.2, 0.25) is 5.02 Å². The molecule has 7 N–H and O–H groups in total. The Morgan fingerprint density at radius 2 is 0.851 bits per heavy atom. The van der Waals surface area contributed by atoms with Gasteiger partial charge < -0.3 is 50.1 Å². The van der Waals surface area contributed by atoms with Crippen molar-refractivity contribution in [2.45, 2.75) is 133 Å². The zero-order valence-corrected chi connectivity index (χ0v) is 58.4. The van der Waals surface area contributed by atoms with E-state index in [1.54, 1.807) is 69.4 Å². The molecule has 0 amide bonds. The third-order valence-corrected chi connectivity index (χ3v) is 16.9. The largest absolute Gasteiger partial charge is 0.419 e. The predicted molar refractivity (Wildman–Crippen MR) is 379 cm³/mol. The molecule has 3 aromatic carbocycles. The van der Waals surface area contributed by atoms with Gasteiger partial charge in [0, 0.05) is 29.2 Å². The van der Waals surface area contributed by atoms with Crippen molar-refractivity contribution in [2.24, 2.45) is 0 Å². The predicted octanol–water partition coefficient (Wildman–Crippen LogP) is 14.2. The van der Waals surface area contributed by atoms with E-state index in [9.17, 15) is 38.0 Å². The van der Waals surface area contributed by atoms with Gasteiger partial charge in [0.15, 0.2) is 17.5 Å². The Hall–Kier alpha value is -10.8. The number of nitrogens with one attached hydrogen (secondary N) is 3. The molecule has 0 unspecified atom stereocenters. The highest BCUT2D eigenvalue weighted by atomic mass is 35.5. The number of anilines is 3. The molecule has 0 bridgehead atoms. The van der Waals surface area contributed by atoms with Crippen molar-refractivity contribution in [1.29, 1.82) is 0 Å². The van der Waals surface area contributed by atoms with Gasteiger partial charge in [-0.05, 0) is 183 Å². The summed E-state index contributed by atoms with van der Waals surface area (Å²) in [6.45, 7) is 21.8. The lowest BCUT2D eigenvalue weighted by molar-refractivity contribution is -0.140. The first kappa shape index (κ1) is 73.0. The molecule has 12 aromatic rings. The van der Waals surface area contributed by atoms with Gasteiger partial charge in [-0.15, -0.1) is 30.6 Å². The molecule has 9 aromatic heterocycles. The van der Waals surface area contributed by atoms with E-state index >= 15 is 0 Å². The molecule has 0 saturated heterocycles. The van der Waals surface area contributed by atoms with E-state index in [2.05, 4.69) is 76.4 Å². The lowest BCUT2D eigenvalue weighted by Gasteiger charge is -2.31. The first-order valence-corrected chi connectivity index (χ1v) is 32.6. The normalized spacial score (nSPS) is 12.4. The molecule has 9 heterocycles. The third-order valence-electron chi connectivity index (χ3n) is 16.5. The second-order valence-corrected chi connectivity index (χ2v) is 25.5. The average molecular weight is 1390 g/mol. The fourth-order valence-corrected chi connectivity index (χ4v) is 11.5. The number of benzene rings is 3. The molecule has 0 fully saturated rings. The fourth-order valence-electron chi connectivity index (χ4n) is 11.1. The first-order chi connectivity index (χ1) is 48.1. The van der Waals surface area contributed by atoms with Gasteiger partial charge in [-0.25, -0.2) is 34.3 Å². The van der Waals surface area contributed by atoms with E-state index in [0.29, 0.717) is 86.0 Å². The monoisotopic (exact) mass is 1390 g/mol. The number of imidazole rings is 3. The van der Waals surface area contributed by atoms with Crippen molar-refractivity contribution in [3.8, 4) is 51.2 Å². The van der Waals surface area contributed by atoms with E-state index in [4.69, 9.17) is 11.6 Å². The third kappa shape index (κ3) is 17.5. The molecule has 522 valence electrons. The fraction of sp³-hybridized carbons (Fsp3) is 0.270. The van der Waals surface area contributed by atoms with Crippen molar-refractivity contribution < 1.29 is 38.0 Å². The number of rotatable bonds is 19. The molecule has 12 rings (SSSR count). The number of halogens is 5. The van der Waals surface area contributed by atoms with Crippen LogP contribution in [0.1, 0.15) is 130 Å². The zero-order chi connectivity index (χ0) is 72.6. The van der Waals surface area contributed by atoms with Gasteiger partial charge in [-0.1, -0.05) is 65.7 Å². The summed E-state index contributed by atoms with van der Waals surface area (Å²) in [5, 5.41) is 76.6. The Balaban J connectivity index is 0.000000164. The van der Waals surface area contributed by atoms with Gasteiger partial charge in [-0.2, -0.15) is 13.2 Å². The van der Waals surface area contributed by atoms with Crippen LogP contribution < -0.4 is 16.0 Å². The number of nitrogens with zero attached hydrogens (tertiary/aromatic N) is 15. The van der Waals surface area contributed by atoms with Gasteiger partial charge >= 0.3 is 6.18 Å². The summed E-state index contributed by atoms with van der Waals surface area (Å²) in [5.74, 6) is 0.247. The minimum atomic E-state index is -4.79. The number of alkyl halides is 3. The van der Waals surface area contributed by atoms with Crippen molar-refractivity contribution in [1.82, 2.24) is 74.2 Å². The van der Waals surface area contributed by atoms with Crippen molar-refractivity contribution in [3.63, 3.8) is 0 Å². The number of hydrogen-bond acceptors (Lipinski definition) is 19. The summed E-state index contributed by atoms with van der Waals surface area (Å²) in [6, 6.07) is 32.6. The highest BCUT2D eigenvalue weighted by molar-refractivity contribution is 6.31. The second-order valence-electron chi connectivity index (χ2n) is 25.1. The Kier molecular flexibility index (Phi) is 22.5. The van der Waals surface area contributed by atoms with Gasteiger partial charge in [-0.3, -0.25) is 0 Å². The molecule has 0 aliphatic heterocycles. The van der Waals surface area contributed by atoms with Crippen LogP contribution in [0, 0.1) is 61.2 Å². The van der Waals surface area contributed by atoms with Crippen molar-refractivity contribution in [2.75, 3.05) is 16.0 Å². The van der Waals surface area contributed by atoms with Crippen LogP contribution in [0.25, 0.3) is 51.2 Å². The number of pyridine rings is 3. The maximum atomic E-state index is 14.5. The summed E-state index contributed by atoms with van der Waals surface area (Å²) in [6.07, 6.45) is 5.83. The Labute approximate surface area is 586 Å². The van der Waals surface area contributed by atoms with Crippen LogP contribution in [0.4, 0.5) is 35.0 Å². The Bertz CT molecular complexity index is 4900. The van der Waals surface area contributed by atoms with Crippen molar-refractivity contribution >= 4 is 29.1 Å². The molecular weight excluding hydrogens is 1320 g/mol. The average Bonchev–Trinajstić information content (AvgIpc) is 1.51. The van der Waals surface area contributed by atoms with E-state index in [1.807, 2.05) is 162 Å². The summed E-state index contributed by atoms with van der Waals surface area (Å²) >= 11 is 6.41. The van der Waals surface area contributed by atoms with Crippen LogP contribution in [-0.2, 0) is 26.0 Å². The van der Waals surface area contributed by atoms with E-state index in [0.717, 1.165) is 66.9 Å². The minimum Gasteiger partial charge on any atom is -0.390 e. The van der Waals surface area contributed by atoms with E-state index < -0.39 is 29.2 Å². The van der Waals surface area contributed by atoms with Crippen LogP contribution in [0.3, 0.4) is 0 Å². The first-order valence-electron chi connectivity index (χ1n) is 32.2. The molecule has 0 aliphatic rings. The maximum Gasteiger partial charge on any atom is 0.419 e. The lowest BCUT2D eigenvalue weighted by atomic mass is 9.91. The van der Waals surface area contributed by atoms with E-state index in [-0.39, 0.29) is 37.5 Å². The Morgan fingerprint density at radius 1 is 0.465 bits per heavy atom. The molecular formula is C74H77ClF4N18O4. The van der Waals surface area contributed by atoms with Crippen LogP contribution in [0.15, 0.2) is 153 Å². The number of aliphatic hydroxyl groups is 4. The zero-order valence-electron chi connectivity index (χ0n) is 57.7. The van der Waals surface area contributed by atoms with Crippen LogP contribution in [0.5, 0.6) is 0 Å². The number of aryl methyl sites for hydroxylation is 8. The van der Waals surface area contributed by atoms with Gasteiger partial charge in [0.1, 0.15) is 22.9 Å². The SMILES string of the molecule is Cc1ccc([C@@H](C)Nc2nnc(-c3ccc(-n4cnc(C)c4)c(CO)n3)cc2C)c(Cl)c1.Cc1ccc([C@@H](Nc2nnc(-c3ccc(-n4cnc(C)c4)c(CO)n3)cc2C)C(C)(C)O)cc1.Cc1cn(-c2ccc(-c3cc(C)c(N[C@@H](C)c4cccc(C(F)(F)F)c4F)nn3)nc2CO)cn1. The molecule has 0 aliphatic carbocycles. The van der Waals surface area contributed by atoms with Crippen LogP contribution >= 0.6 is 11.6 Å². The number of hydrogen-bond donors (Lipinski definition) is 7. The molecule has 0 radical (unpaired) electrons. The smallest absolute Gasteiger partial charge is 0.390 e. The topological polar surface area (TPSA) is 286 Å². The summed E-state index contributed by atoms with van der Waals surface area (Å²) in [7, 11) is 0. The second kappa shape index (κ2) is 31.2. The van der Waals surface area contributed by atoms with Crippen LogP contribution in [-0.4, -0.2) is 100 Å². The minimum absolute atomic E-state index is 0.0287. The highest BCUT2D eigenvalue weighted by Gasteiger charge is 2.36. The van der Waals surface area contributed by atoms with Gasteiger partial charge in [0.05, 0.1) is 136 Å². The van der Waals surface area contributed by atoms with Crippen molar-refractivity contribution in [3.05, 3.63) is 248 Å².